The molecule has 0 saturated carbocycles. The molecule has 4 nitrogen and oxygen atoms in total. The molecule has 3 aromatic rings. The Labute approximate surface area is 218 Å². The maximum Gasteiger partial charge on any atom is 0.133 e. The molecule has 0 fully saturated rings. The van der Waals surface area contributed by atoms with E-state index in [9.17, 15) is 0 Å². The summed E-state index contributed by atoms with van der Waals surface area (Å²) >= 11 is 12.3. The summed E-state index contributed by atoms with van der Waals surface area (Å²) in [7, 11) is 0. The van der Waals surface area contributed by atoms with Gasteiger partial charge in [0.25, 0.3) is 0 Å². The average molecular weight is 511 g/mol. The Morgan fingerprint density at radius 2 is 1.34 bits per heavy atom. The van der Waals surface area contributed by atoms with Gasteiger partial charge in [-0.05, 0) is 66.8 Å². The lowest BCUT2D eigenvalue weighted by molar-refractivity contribution is 0.321. The fourth-order valence-electron chi connectivity index (χ4n) is 4.37. The molecule has 0 aromatic heterocycles. The van der Waals surface area contributed by atoms with Crippen LogP contribution in [0.4, 0.5) is 0 Å². The molecule has 0 spiro atoms. The Morgan fingerprint density at radius 3 is 1.89 bits per heavy atom. The summed E-state index contributed by atoms with van der Waals surface area (Å²) in [6, 6.07) is 19.7. The molecular formula is C29H32Cl2N2O2. The van der Waals surface area contributed by atoms with Gasteiger partial charge in [0.2, 0.25) is 0 Å². The standard InChI is InChI=1S/C29H32Cl2N2O2/c1-6-34-24-17-23(29(3,4)5)25(35-7-2)16-22(24)28-32-26(18-8-12-20(30)13-9-18)27(33-28)19-10-14-21(31)15-11-19/h8-17,26-27H,6-7H2,1-5H3,(H,32,33)/t26-,27+. The normalized spacial score (nSPS) is 17.6. The third kappa shape index (κ3) is 5.60. The van der Waals surface area contributed by atoms with Crippen LogP contribution in [0, 0.1) is 0 Å². The Bertz CT molecular complexity index is 1200. The van der Waals surface area contributed by atoms with E-state index in [0.717, 1.165) is 39.6 Å². The van der Waals surface area contributed by atoms with Crippen LogP contribution >= 0.6 is 23.2 Å². The highest BCUT2D eigenvalue weighted by atomic mass is 35.5. The number of halogens is 2. The maximum atomic E-state index is 6.17. The molecule has 0 bridgehead atoms. The van der Waals surface area contributed by atoms with Crippen LogP contribution in [-0.4, -0.2) is 19.0 Å². The molecule has 0 saturated heterocycles. The first-order valence-corrected chi connectivity index (χ1v) is 12.8. The van der Waals surface area contributed by atoms with Crippen LogP contribution in [0.15, 0.2) is 65.7 Å². The fraction of sp³-hybridized carbons (Fsp3) is 0.345. The van der Waals surface area contributed by atoms with Crippen LogP contribution in [0.25, 0.3) is 0 Å². The second-order valence-corrected chi connectivity index (χ2v) is 10.5. The van der Waals surface area contributed by atoms with Crippen molar-refractivity contribution in [3.8, 4) is 11.5 Å². The molecule has 0 aliphatic carbocycles. The van der Waals surface area contributed by atoms with E-state index in [-0.39, 0.29) is 17.5 Å². The van der Waals surface area contributed by atoms with Gasteiger partial charge in [-0.15, -0.1) is 0 Å². The summed E-state index contributed by atoms with van der Waals surface area (Å²) in [6.07, 6.45) is 0. The van der Waals surface area contributed by atoms with Gasteiger partial charge < -0.3 is 14.8 Å². The van der Waals surface area contributed by atoms with Gasteiger partial charge in [0.1, 0.15) is 23.4 Å². The molecule has 0 amide bonds. The summed E-state index contributed by atoms with van der Waals surface area (Å²) in [6.45, 7) is 11.7. The first kappa shape index (κ1) is 25.4. The lowest BCUT2D eigenvalue weighted by atomic mass is 9.85. The van der Waals surface area contributed by atoms with E-state index in [1.54, 1.807) is 0 Å². The molecule has 1 N–H and O–H groups in total. The van der Waals surface area contributed by atoms with E-state index in [1.165, 1.54) is 0 Å². The highest BCUT2D eigenvalue weighted by Crippen LogP contribution is 2.42. The summed E-state index contributed by atoms with van der Waals surface area (Å²) < 4.78 is 12.2. The maximum absolute atomic E-state index is 6.17. The number of rotatable bonds is 7. The molecule has 184 valence electrons. The first-order chi connectivity index (χ1) is 16.7. The van der Waals surface area contributed by atoms with Crippen molar-refractivity contribution >= 4 is 29.0 Å². The van der Waals surface area contributed by atoms with Crippen LogP contribution in [0.3, 0.4) is 0 Å². The van der Waals surface area contributed by atoms with Gasteiger partial charge in [0.05, 0.1) is 24.8 Å². The number of aliphatic imine (C=N–C) groups is 1. The van der Waals surface area contributed by atoms with Gasteiger partial charge in [0.15, 0.2) is 0 Å². The quantitative estimate of drug-likeness (QED) is 0.350. The molecule has 35 heavy (non-hydrogen) atoms. The minimum absolute atomic E-state index is 0.0734. The predicted molar refractivity (Wildman–Crippen MR) is 146 cm³/mol. The second-order valence-electron chi connectivity index (χ2n) is 9.61. The van der Waals surface area contributed by atoms with Gasteiger partial charge >= 0.3 is 0 Å². The predicted octanol–water partition coefficient (Wildman–Crippen LogP) is 7.92. The smallest absolute Gasteiger partial charge is 0.133 e. The van der Waals surface area contributed by atoms with E-state index >= 15 is 0 Å². The summed E-state index contributed by atoms with van der Waals surface area (Å²) in [4.78, 5) is 5.17. The van der Waals surface area contributed by atoms with Crippen molar-refractivity contribution in [2.24, 2.45) is 4.99 Å². The van der Waals surface area contributed by atoms with Crippen molar-refractivity contribution < 1.29 is 9.47 Å². The largest absolute Gasteiger partial charge is 0.494 e. The molecule has 1 heterocycles. The Hall–Kier alpha value is -2.69. The van der Waals surface area contributed by atoms with E-state index in [4.69, 9.17) is 37.7 Å². The lowest BCUT2D eigenvalue weighted by Gasteiger charge is -2.25. The van der Waals surface area contributed by atoms with E-state index in [0.29, 0.717) is 23.3 Å². The molecule has 2 atom stereocenters. The minimum atomic E-state index is -0.143. The monoisotopic (exact) mass is 510 g/mol. The number of nitrogens with zero attached hydrogens (tertiary/aromatic N) is 1. The topological polar surface area (TPSA) is 42.9 Å². The van der Waals surface area contributed by atoms with Gasteiger partial charge in [-0.2, -0.15) is 0 Å². The van der Waals surface area contributed by atoms with E-state index < -0.39 is 0 Å². The number of hydrogen-bond acceptors (Lipinski definition) is 4. The number of benzene rings is 3. The molecule has 3 aromatic carbocycles. The lowest BCUT2D eigenvalue weighted by Crippen LogP contribution is -2.26. The highest BCUT2D eigenvalue weighted by molar-refractivity contribution is 6.30. The van der Waals surface area contributed by atoms with Crippen molar-refractivity contribution in [1.29, 1.82) is 0 Å². The number of nitrogens with one attached hydrogen (secondary N) is 1. The third-order valence-electron chi connectivity index (χ3n) is 6.06. The molecule has 0 radical (unpaired) electrons. The minimum Gasteiger partial charge on any atom is -0.494 e. The molecule has 1 aliphatic rings. The molecule has 1 aliphatic heterocycles. The Balaban J connectivity index is 1.84. The SMILES string of the molecule is CCOc1cc(C(C)(C)C)c(OCC)cc1C1=N[C@@H](c2ccc(Cl)cc2)[C@@H](c2ccc(Cl)cc2)N1. The Kier molecular flexibility index (Phi) is 7.63. The van der Waals surface area contributed by atoms with E-state index in [2.05, 4.69) is 38.2 Å². The zero-order valence-electron chi connectivity index (χ0n) is 20.9. The summed E-state index contributed by atoms with van der Waals surface area (Å²) in [5, 5.41) is 5.07. The molecule has 4 rings (SSSR count). The summed E-state index contributed by atoms with van der Waals surface area (Å²) in [5.41, 5.74) is 4.07. The van der Waals surface area contributed by atoms with Crippen LogP contribution in [0.5, 0.6) is 11.5 Å². The van der Waals surface area contributed by atoms with Crippen LogP contribution in [0.2, 0.25) is 10.0 Å². The molecule has 6 heteroatoms. The zero-order chi connectivity index (χ0) is 25.2. The van der Waals surface area contributed by atoms with Crippen molar-refractivity contribution in [3.63, 3.8) is 0 Å². The van der Waals surface area contributed by atoms with Gasteiger partial charge in [-0.3, -0.25) is 4.99 Å². The fourth-order valence-corrected chi connectivity index (χ4v) is 4.62. The molecular weight excluding hydrogens is 479 g/mol. The zero-order valence-corrected chi connectivity index (χ0v) is 22.4. The van der Waals surface area contributed by atoms with Crippen LogP contribution in [-0.2, 0) is 5.41 Å². The van der Waals surface area contributed by atoms with Crippen LogP contribution < -0.4 is 14.8 Å². The van der Waals surface area contributed by atoms with Crippen molar-refractivity contribution in [1.82, 2.24) is 5.32 Å². The van der Waals surface area contributed by atoms with Crippen molar-refractivity contribution in [2.45, 2.75) is 52.1 Å². The van der Waals surface area contributed by atoms with E-state index in [1.807, 2.05) is 62.4 Å². The van der Waals surface area contributed by atoms with Gasteiger partial charge in [-0.1, -0.05) is 68.2 Å². The van der Waals surface area contributed by atoms with Crippen molar-refractivity contribution in [2.75, 3.05) is 13.2 Å². The van der Waals surface area contributed by atoms with Gasteiger partial charge in [-0.25, -0.2) is 0 Å². The molecule has 0 unspecified atom stereocenters. The highest BCUT2D eigenvalue weighted by Gasteiger charge is 2.34. The first-order valence-electron chi connectivity index (χ1n) is 12.0. The average Bonchev–Trinajstić information content (AvgIpc) is 3.25. The number of amidine groups is 1. The number of ether oxygens (including phenoxy) is 2. The number of hydrogen-bond donors (Lipinski definition) is 1. The summed E-state index contributed by atoms with van der Waals surface area (Å²) in [5.74, 6) is 2.41. The second kappa shape index (κ2) is 10.5. The van der Waals surface area contributed by atoms with Gasteiger partial charge in [0, 0.05) is 15.6 Å². The van der Waals surface area contributed by atoms with Crippen LogP contribution in [0.1, 0.15) is 69.0 Å². The van der Waals surface area contributed by atoms with Crippen molar-refractivity contribution in [3.05, 3.63) is 93.0 Å². The Morgan fingerprint density at radius 1 is 0.800 bits per heavy atom. The third-order valence-corrected chi connectivity index (χ3v) is 6.57.